The van der Waals surface area contributed by atoms with Gasteiger partial charge < -0.3 is 9.47 Å². The van der Waals surface area contributed by atoms with Crippen LogP contribution in [0.1, 0.15) is 53.4 Å². The maximum Gasteiger partial charge on any atom is 0.338 e. The zero-order chi connectivity index (χ0) is 15.4. The number of hydrogen-bond donors (Lipinski definition) is 0. The van der Waals surface area contributed by atoms with Gasteiger partial charge in [0.15, 0.2) is 0 Å². The molecule has 0 aliphatic carbocycles. The zero-order valence-electron chi connectivity index (χ0n) is 13.0. The largest absolute Gasteiger partial charge is 0.463 e. The lowest BCUT2D eigenvalue weighted by Gasteiger charge is -2.08. The molecule has 0 aromatic carbocycles. The van der Waals surface area contributed by atoms with E-state index in [1.807, 2.05) is 13.0 Å². The van der Waals surface area contributed by atoms with Crippen LogP contribution in [0.25, 0.3) is 0 Å². The Hall–Kier alpha value is -1.58. The molecule has 20 heavy (non-hydrogen) atoms. The van der Waals surface area contributed by atoms with E-state index in [1.165, 1.54) is 6.08 Å². The molecule has 4 heteroatoms. The molecule has 0 atom stereocenters. The minimum absolute atomic E-state index is 0.279. The lowest BCUT2D eigenvalue weighted by atomic mass is 10.0. The molecule has 0 saturated heterocycles. The zero-order valence-corrected chi connectivity index (χ0v) is 13.0. The molecule has 0 rings (SSSR count). The van der Waals surface area contributed by atoms with Crippen LogP contribution in [-0.2, 0) is 19.1 Å². The van der Waals surface area contributed by atoms with Crippen LogP contribution in [-0.4, -0.2) is 25.2 Å². The first-order valence-corrected chi connectivity index (χ1v) is 7.29. The van der Waals surface area contributed by atoms with Crippen molar-refractivity contribution in [3.63, 3.8) is 0 Å². The quantitative estimate of drug-likeness (QED) is 0.281. The first-order chi connectivity index (χ1) is 9.56. The SMILES string of the molecule is CCCCC/C=C(C)/C(=C/C(=O)OCC)C(=O)OCC. The van der Waals surface area contributed by atoms with Crippen LogP contribution in [0.2, 0.25) is 0 Å². The summed E-state index contributed by atoms with van der Waals surface area (Å²) in [6.07, 6.45) is 7.45. The fourth-order valence-corrected chi connectivity index (χ4v) is 1.67. The standard InChI is InChI=1S/C16H26O4/c1-5-8-9-10-11-13(4)14(16(18)20-7-3)12-15(17)19-6-2/h11-12H,5-10H2,1-4H3/b13-11+,14-12-. The summed E-state index contributed by atoms with van der Waals surface area (Å²) in [6, 6.07) is 0. The lowest BCUT2D eigenvalue weighted by molar-refractivity contribution is -0.140. The minimum Gasteiger partial charge on any atom is -0.463 e. The summed E-state index contributed by atoms with van der Waals surface area (Å²) in [4.78, 5) is 23.4. The van der Waals surface area contributed by atoms with E-state index in [0.717, 1.165) is 31.3 Å². The molecule has 0 fully saturated rings. The molecule has 0 radical (unpaired) electrons. The fourth-order valence-electron chi connectivity index (χ4n) is 1.67. The third kappa shape index (κ3) is 7.77. The van der Waals surface area contributed by atoms with Gasteiger partial charge in [0, 0.05) is 6.08 Å². The molecule has 0 aliphatic rings. The second-order valence-corrected chi connectivity index (χ2v) is 4.41. The van der Waals surface area contributed by atoms with Crippen LogP contribution in [0.15, 0.2) is 23.3 Å². The monoisotopic (exact) mass is 282 g/mol. The highest BCUT2D eigenvalue weighted by Gasteiger charge is 2.14. The van der Waals surface area contributed by atoms with Gasteiger partial charge in [-0.25, -0.2) is 9.59 Å². The molecule has 0 N–H and O–H groups in total. The van der Waals surface area contributed by atoms with Crippen molar-refractivity contribution in [2.45, 2.75) is 53.4 Å². The number of unbranched alkanes of at least 4 members (excludes halogenated alkanes) is 3. The molecule has 0 unspecified atom stereocenters. The maximum absolute atomic E-state index is 11.9. The second kappa shape index (κ2) is 11.3. The fraction of sp³-hybridized carbons (Fsp3) is 0.625. The van der Waals surface area contributed by atoms with E-state index in [-0.39, 0.29) is 18.8 Å². The predicted molar refractivity (Wildman–Crippen MR) is 79.2 cm³/mol. The molecular formula is C16H26O4. The van der Waals surface area contributed by atoms with E-state index in [4.69, 9.17) is 9.47 Å². The Morgan fingerprint density at radius 1 is 1.00 bits per heavy atom. The summed E-state index contributed by atoms with van der Waals surface area (Å²) in [7, 11) is 0. The highest BCUT2D eigenvalue weighted by molar-refractivity contribution is 5.99. The summed E-state index contributed by atoms with van der Waals surface area (Å²) in [6.45, 7) is 7.98. The van der Waals surface area contributed by atoms with Gasteiger partial charge in [0.25, 0.3) is 0 Å². The number of allylic oxidation sites excluding steroid dienone is 1. The average molecular weight is 282 g/mol. The first-order valence-electron chi connectivity index (χ1n) is 7.29. The minimum atomic E-state index is -0.517. The van der Waals surface area contributed by atoms with E-state index in [2.05, 4.69) is 6.92 Å². The smallest absolute Gasteiger partial charge is 0.338 e. The van der Waals surface area contributed by atoms with Crippen molar-refractivity contribution in [3.05, 3.63) is 23.3 Å². The Balaban J connectivity index is 4.91. The Kier molecular flexibility index (Phi) is 10.4. The van der Waals surface area contributed by atoms with E-state index in [0.29, 0.717) is 0 Å². The molecule has 0 spiro atoms. The Morgan fingerprint density at radius 2 is 1.65 bits per heavy atom. The molecule has 4 nitrogen and oxygen atoms in total. The summed E-state index contributed by atoms with van der Waals surface area (Å²) < 4.78 is 9.82. The van der Waals surface area contributed by atoms with Crippen molar-refractivity contribution < 1.29 is 19.1 Å². The Morgan fingerprint density at radius 3 is 2.20 bits per heavy atom. The highest BCUT2D eigenvalue weighted by atomic mass is 16.5. The Bertz CT molecular complexity index is 367. The molecule has 0 aromatic heterocycles. The van der Waals surface area contributed by atoms with Gasteiger partial charge in [-0.3, -0.25) is 0 Å². The summed E-state index contributed by atoms with van der Waals surface area (Å²) in [5.41, 5.74) is 1.04. The Labute approximate surface area is 121 Å². The van der Waals surface area contributed by atoms with Crippen molar-refractivity contribution in [1.29, 1.82) is 0 Å². The van der Waals surface area contributed by atoms with Crippen LogP contribution in [0.4, 0.5) is 0 Å². The highest BCUT2D eigenvalue weighted by Crippen LogP contribution is 2.14. The molecule has 0 aliphatic heterocycles. The topological polar surface area (TPSA) is 52.6 Å². The summed E-state index contributed by atoms with van der Waals surface area (Å²) in [5, 5.41) is 0. The van der Waals surface area contributed by atoms with Crippen molar-refractivity contribution in [3.8, 4) is 0 Å². The molecule has 0 aromatic rings. The molecule has 0 saturated carbocycles. The number of rotatable bonds is 9. The number of carbonyl (C=O) groups excluding carboxylic acids is 2. The van der Waals surface area contributed by atoms with Gasteiger partial charge in [-0.15, -0.1) is 0 Å². The summed E-state index contributed by atoms with van der Waals surface area (Å²) in [5.74, 6) is -0.998. The molecule has 0 amide bonds. The van der Waals surface area contributed by atoms with E-state index in [9.17, 15) is 9.59 Å². The van der Waals surface area contributed by atoms with Crippen LogP contribution in [0.3, 0.4) is 0 Å². The van der Waals surface area contributed by atoms with Crippen LogP contribution >= 0.6 is 0 Å². The van der Waals surface area contributed by atoms with Crippen LogP contribution in [0.5, 0.6) is 0 Å². The van der Waals surface area contributed by atoms with Crippen LogP contribution < -0.4 is 0 Å². The van der Waals surface area contributed by atoms with Crippen LogP contribution in [0, 0.1) is 0 Å². The summed E-state index contributed by atoms with van der Waals surface area (Å²) >= 11 is 0. The van der Waals surface area contributed by atoms with Gasteiger partial charge in [-0.05, 0) is 39.2 Å². The average Bonchev–Trinajstić information content (AvgIpc) is 2.41. The number of hydrogen-bond acceptors (Lipinski definition) is 4. The molecular weight excluding hydrogens is 256 g/mol. The van der Waals surface area contributed by atoms with E-state index in [1.54, 1.807) is 13.8 Å². The van der Waals surface area contributed by atoms with Crippen molar-refractivity contribution in [2.75, 3.05) is 13.2 Å². The number of esters is 2. The van der Waals surface area contributed by atoms with Gasteiger partial charge in [-0.1, -0.05) is 25.8 Å². The maximum atomic E-state index is 11.9. The van der Waals surface area contributed by atoms with E-state index < -0.39 is 11.9 Å². The van der Waals surface area contributed by atoms with Crippen molar-refractivity contribution in [2.24, 2.45) is 0 Å². The second-order valence-electron chi connectivity index (χ2n) is 4.41. The third-order valence-electron chi connectivity index (χ3n) is 2.73. The van der Waals surface area contributed by atoms with Crippen molar-refractivity contribution >= 4 is 11.9 Å². The first kappa shape index (κ1) is 18.4. The normalized spacial score (nSPS) is 12.2. The molecule has 0 heterocycles. The van der Waals surface area contributed by atoms with Gasteiger partial charge in [-0.2, -0.15) is 0 Å². The van der Waals surface area contributed by atoms with Gasteiger partial charge in [0.2, 0.25) is 0 Å². The predicted octanol–water partition coefficient (Wildman–Crippen LogP) is 3.57. The van der Waals surface area contributed by atoms with Gasteiger partial charge in [0.1, 0.15) is 0 Å². The number of carbonyl (C=O) groups is 2. The van der Waals surface area contributed by atoms with Gasteiger partial charge >= 0.3 is 11.9 Å². The van der Waals surface area contributed by atoms with E-state index >= 15 is 0 Å². The molecule has 0 bridgehead atoms. The third-order valence-corrected chi connectivity index (χ3v) is 2.73. The molecule has 114 valence electrons. The van der Waals surface area contributed by atoms with Gasteiger partial charge in [0.05, 0.1) is 18.8 Å². The lowest BCUT2D eigenvalue weighted by Crippen LogP contribution is -2.12. The number of ether oxygens (including phenoxy) is 2. The van der Waals surface area contributed by atoms with Crippen molar-refractivity contribution in [1.82, 2.24) is 0 Å².